The van der Waals surface area contributed by atoms with E-state index >= 15 is 0 Å². The highest BCUT2D eigenvalue weighted by Gasteiger charge is 2.31. The van der Waals surface area contributed by atoms with Crippen molar-refractivity contribution in [1.82, 2.24) is 14.0 Å². The fourth-order valence-corrected chi connectivity index (χ4v) is 5.06. The molecule has 0 amide bonds. The van der Waals surface area contributed by atoms with Gasteiger partial charge in [0, 0.05) is 14.2 Å². The molecule has 0 saturated carbocycles. The quantitative estimate of drug-likeness (QED) is 0.163. The molecule has 0 spiro atoms. The summed E-state index contributed by atoms with van der Waals surface area (Å²) in [5.74, 6) is 0. The average molecular weight is 414 g/mol. The van der Waals surface area contributed by atoms with Crippen LogP contribution in [0.25, 0.3) is 0 Å². The van der Waals surface area contributed by atoms with Gasteiger partial charge < -0.3 is 23.7 Å². The molecule has 2 unspecified atom stereocenters. The Kier molecular flexibility index (Phi) is 14.7. The fourth-order valence-electron chi connectivity index (χ4n) is 2.23. The fraction of sp³-hybridized carbons (Fsp3) is 1.00. The van der Waals surface area contributed by atoms with E-state index in [1.165, 1.54) is 0 Å². The first kappa shape index (κ1) is 26.9. The second kappa shape index (κ2) is 14.8. The molecule has 0 aliphatic rings. The van der Waals surface area contributed by atoms with E-state index in [-0.39, 0.29) is 12.6 Å². The zero-order valence-corrected chi connectivity index (χ0v) is 19.3. The zero-order valence-electron chi connectivity index (χ0n) is 18.4. The normalized spacial score (nSPS) is 15.0. The third-order valence-electron chi connectivity index (χ3n) is 3.75. The maximum atomic E-state index is 5.73. The molecule has 0 aromatic heterocycles. The molecular weight excluding hydrogens is 375 g/mol. The molecule has 10 nitrogen and oxygen atoms in total. The van der Waals surface area contributed by atoms with Gasteiger partial charge in [-0.05, 0) is 49.1 Å². The standard InChI is InChI=1S/C16H39N4O6P/c1-15(21-8)24-11-10-23-14-20(7)27(18(3)4,19(5)6)17-26-13-12-25-16(2)22-9/h15-16H,10-14H2,1-9H3. The Morgan fingerprint density at radius 2 is 1.26 bits per heavy atom. The highest BCUT2D eigenvalue weighted by atomic mass is 31.2. The highest BCUT2D eigenvalue weighted by Crippen LogP contribution is 2.55. The molecule has 0 aromatic carbocycles. The molecule has 0 heterocycles. The van der Waals surface area contributed by atoms with Crippen LogP contribution in [0.4, 0.5) is 0 Å². The van der Waals surface area contributed by atoms with Crippen LogP contribution in [-0.2, 0) is 28.5 Å². The molecule has 27 heavy (non-hydrogen) atoms. The van der Waals surface area contributed by atoms with Gasteiger partial charge in [-0.25, -0.2) is 9.51 Å². The molecule has 0 aromatic rings. The molecular formula is C16H39N4O6P. The third kappa shape index (κ3) is 9.76. The number of hydrogen-bond acceptors (Lipinski definition) is 7. The molecule has 2 atom stereocenters. The lowest BCUT2D eigenvalue weighted by Crippen LogP contribution is -2.34. The van der Waals surface area contributed by atoms with Gasteiger partial charge in [0.25, 0.3) is 0 Å². The summed E-state index contributed by atoms with van der Waals surface area (Å²) in [4.78, 5) is 10.1. The Morgan fingerprint density at radius 1 is 0.778 bits per heavy atom. The molecule has 164 valence electrons. The van der Waals surface area contributed by atoms with Gasteiger partial charge in [-0.1, -0.05) is 0 Å². The minimum absolute atomic E-state index is 0.243. The van der Waals surface area contributed by atoms with E-state index < -0.39 is 7.51 Å². The smallest absolute Gasteiger partial charge is 0.199 e. The van der Waals surface area contributed by atoms with Crippen LogP contribution in [0.2, 0.25) is 0 Å². The molecule has 0 radical (unpaired) electrons. The summed E-state index contributed by atoms with van der Waals surface area (Å²) in [7, 11) is 10.8. The Morgan fingerprint density at radius 3 is 1.70 bits per heavy atom. The number of ether oxygens (including phenoxy) is 5. The molecule has 0 aliphatic heterocycles. The van der Waals surface area contributed by atoms with Gasteiger partial charge in [0.05, 0.1) is 19.8 Å². The van der Waals surface area contributed by atoms with Crippen molar-refractivity contribution in [3.63, 3.8) is 0 Å². The lowest BCUT2D eigenvalue weighted by molar-refractivity contribution is -0.124. The van der Waals surface area contributed by atoms with Gasteiger partial charge in [-0.2, -0.15) is 0 Å². The van der Waals surface area contributed by atoms with E-state index in [0.717, 1.165) is 0 Å². The van der Waals surface area contributed by atoms with Crippen LogP contribution in [-0.4, -0.2) is 109 Å². The van der Waals surface area contributed by atoms with E-state index in [9.17, 15) is 0 Å². The second-order valence-corrected chi connectivity index (χ2v) is 9.71. The monoisotopic (exact) mass is 414 g/mol. The Hall–Kier alpha value is -0.130. The largest absolute Gasteiger partial charge is 0.363 e. The summed E-state index contributed by atoms with van der Waals surface area (Å²) < 4.78 is 32.8. The molecule has 11 heteroatoms. The Balaban J connectivity index is 4.73. The number of hydrogen-bond donors (Lipinski definition) is 0. The summed E-state index contributed by atoms with van der Waals surface area (Å²) in [5.41, 5.74) is 0. The van der Waals surface area contributed by atoms with Crippen LogP contribution in [0.15, 0.2) is 4.91 Å². The SMILES string of the molecule is COC(C)OCCOCN(C)P(=NOCCOC(C)OC)(N(C)C)N(C)C. The lowest BCUT2D eigenvalue weighted by Gasteiger charge is -2.41. The van der Waals surface area contributed by atoms with Gasteiger partial charge in [0.2, 0.25) is 0 Å². The highest BCUT2D eigenvalue weighted by molar-refractivity contribution is 7.58. The zero-order chi connectivity index (χ0) is 20.9. The van der Waals surface area contributed by atoms with E-state index in [1.807, 2.05) is 53.8 Å². The van der Waals surface area contributed by atoms with Gasteiger partial charge in [-0.3, -0.25) is 9.34 Å². The van der Waals surface area contributed by atoms with Crippen molar-refractivity contribution in [2.45, 2.75) is 26.4 Å². The predicted molar refractivity (Wildman–Crippen MR) is 106 cm³/mol. The van der Waals surface area contributed by atoms with Crippen LogP contribution in [0.1, 0.15) is 13.8 Å². The molecule has 0 bridgehead atoms. The van der Waals surface area contributed by atoms with E-state index in [2.05, 4.69) is 14.2 Å². The Bertz CT molecular complexity index is 416. The lowest BCUT2D eigenvalue weighted by atomic mass is 10.7. The average Bonchev–Trinajstić information content (AvgIpc) is 2.62. The van der Waals surface area contributed by atoms with E-state index in [0.29, 0.717) is 33.2 Å². The Labute approximate surface area is 164 Å². The molecule has 0 fully saturated rings. The first-order valence-corrected chi connectivity index (χ1v) is 10.5. The van der Waals surface area contributed by atoms with Crippen molar-refractivity contribution in [1.29, 1.82) is 0 Å². The first-order valence-electron chi connectivity index (χ1n) is 8.89. The van der Waals surface area contributed by atoms with Gasteiger partial charge in [0.15, 0.2) is 20.1 Å². The van der Waals surface area contributed by atoms with Crippen LogP contribution in [0.5, 0.6) is 0 Å². The van der Waals surface area contributed by atoms with Crippen molar-refractivity contribution in [2.75, 3.05) is 82.6 Å². The van der Waals surface area contributed by atoms with E-state index in [4.69, 9.17) is 28.5 Å². The summed E-state index contributed by atoms with van der Waals surface area (Å²) >= 11 is 0. The third-order valence-corrected chi connectivity index (χ3v) is 7.26. The molecule has 0 aliphatic carbocycles. The molecule has 0 N–H and O–H groups in total. The predicted octanol–water partition coefficient (Wildman–Crippen LogP) is 1.91. The van der Waals surface area contributed by atoms with Crippen molar-refractivity contribution in [3.8, 4) is 0 Å². The minimum atomic E-state index is -2.25. The van der Waals surface area contributed by atoms with E-state index in [1.54, 1.807) is 14.2 Å². The van der Waals surface area contributed by atoms with Gasteiger partial charge in [-0.15, -0.1) is 4.91 Å². The summed E-state index contributed by atoms with van der Waals surface area (Å²) in [6.07, 6.45) is -0.511. The maximum absolute atomic E-state index is 5.73. The van der Waals surface area contributed by atoms with Crippen LogP contribution < -0.4 is 0 Å². The van der Waals surface area contributed by atoms with Crippen LogP contribution >= 0.6 is 7.51 Å². The number of rotatable bonds is 16. The number of nitrogens with zero attached hydrogens (tertiary/aromatic N) is 4. The van der Waals surface area contributed by atoms with Gasteiger partial charge >= 0.3 is 0 Å². The van der Waals surface area contributed by atoms with Crippen molar-refractivity contribution < 1.29 is 28.5 Å². The topological polar surface area (TPSA) is 77.5 Å². The van der Waals surface area contributed by atoms with Crippen molar-refractivity contribution in [3.05, 3.63) is 0 Å². The summed E-state index contributed by atoms with van der Waals surface area (Å²) in [6.45, 7) is 5.72. The summed E-state index contributed by atoms with van der Waals surface area (Å²) in [5, 5.41) is 0. The number of methoxy groups -OCH3 is 2. The van der Waals surface area contributed by atoms with Crippen molar-refractivity contribution >= 4 is 7.51 Å². The summed E-state index contributed by atoms with van der Waals surface area (Å²) in [6, 6.07) is 0. The molecule has 0 saturated heterocycles. The minimum Gasteiger partial charge on any atom is -0.363 e. The van der Waals surface area contributed by atoms with Gasteiger partial charge in [0.1, 0.15) is 13.3 Å². The van der Waals surface area contributed by atoms with Crippen LogP contribution in [0.3, 0.4) is 0 Å². The van der Waals surface area contributed by atoms with Crippen molar-refractivity contribution in [2.24, 2.45) is 4.91 Å². The maximum Gasteiger partial charge on any atom is 0.199 e. The molecule has 0 rings (SSSR count). The van der Waals surface area contributed by atoms with Crippen LogP contribution in [0, 0.1) is 0 Å². The second-order valence-electron chi connectivity index (χ2n) is 6.19. The first-order chi connectivity index (χ1) is 12.7.